The molecule has 0 amide bonds. The Balaban J connectivity index is 2.46. The Kier molecular flexibility index (Phi) is 2.72. The van der Waals surface area contributed by atoms with Crippen LogP contribution in [0.4, 0.5) is 0 Å². The molecule has 0 bridgehead atoms. The third-order valence-corrected chi connectivity index (χ3v) is 3.54. The van der Waals surface area contributed by atoms with Gasteiger partial charge in [0.05, 0.1) is 16.7 Å². The van der Waals surface area contributed by atoms with Gasteiger partial charge in [-0.2, -0.15) is 0 Å². The first kappa shape index (κ1) is 12.1. The summed E-state index contributed by atoms with van der Waals surface area (Å²) in [7, 11) is 0. The summed E-state index contributed by atoms with van der Waals surface area (Å²) in [4.78, 5) is 15.1. The number of fused-ring (bicyclic) bond motifs is 1. The van der Waals surface area contributed by atoms with E-state index in [0.29, 0.717) is 5.02 Å². The molecule has 1 heterocycles. The fourth-order valence-corrected chi connectivity index (χ4v) is 2.62. The molecule has 3 nitrogen and oxygen atoms in total. The standard InChI is InChI=1S/C15H13ClN2O/c1-9-4-3-5-10(2)14(9)18-13-8-11(16)6-7-12(13)17-15(18)19/h3-8H,1-2H3,(H,17,19). The van der Waals surface area contributed by atoms with Crippen molar-refractivity contribution in [3.8, 4) is 5.69 Å². The summed E-state index contributed by atoms with van der Waals surface area (Å²) in [5, 5.41) is 0.617. The van der Waals surface area contributed by atoms with Crippen molar-refractivity contribution in [1.29, 1.82) is 0 Å². The average molecular weight is 273 g/mol. The molecule has 0 aliphatic carbocycles. The van der Waals surface area contributed by atoms with Crippen molar-refractivity contribution < 1.29 is 0 Å². The van der Waals surface area contributed by atoms with Crippen LogP contribution in [0.25, 0.3) is 16.7 Å². The van der Waals surface area contributed by atoms with Crippen molar-refractivity contribution in [2.75, 3.05) is 0 Å². The number of hydrogen-bond acceptors (Lipinski definition) is 1. The second kappa shape index (κ2) is 4.28. The van der Waals surface area contributed by atoms with Gasteiger partial charge in [0.1, 0.15) is 0 Å². The van der Waals surface area contributed by atoms with Crippen LogP contribution < -0.4 is 5.69 Å². The van der Waals surface area contributed by atoms with Gasteiger partial charge < -0.3 is 4.98 Å². The van der Waals surface area contributed by atoms with Crippen molar-refractivity contribution in [3.63, 3.8) is 0 Å². The minimum absolute atomic E-state index is 0.144. The van der Waals surface area contributed by atoms with Crippen LogP contribution >= 0.6 is 11.6 Å². The van der Waals surface area contributed by atoms with Crippen LogP contribution in [-0.4, -0.2) is 9.55 Å². The lowest BCUT2D eigenvalue weighted by molar-refractivity contribution is 0.990. The highest BCUT2D eigenvalue weighted by Crippen LogP contribution is 2.23. The lowest BCUT2D eigenvalue weighted by Gasteiger charge is -2.10. The van der Waals surface area contributed by atoms with Crippen molar-refractivity contribution in [3.05, 3.63) is 63.0 Å². The van der Waals surface area contributed by atoms with Crippen molar-refractivity contribution in [2.24, 2.45) is 0 Å². The molecule has 0 unspecified atom stereocenters. The van der Waals surface area contributed by atoms with Gasteiger partial charge in [-0.3, -0.25) is 4.57 Å². The molecule has 0 saturated heterocycles. The number of para-hydroxylation sites is 1. The van der Waals surface area contributed by atoms with Crippen LogP contribution in [-0.2, 0) is 0 Å². The number of aryl methyl sites for hydroxylation is 2. The van der Waals surface area contributed by atoms with Crippen LogP contribution in [0.15, 0.2) is 41.2 Å². The molecule has 1 N–H and O–H groups in total. The van der Waals surface area contributed by atoms with E-state index in [9.17, 15) is 4.79 Å². The molecule has 0 atom stereocenters. The van der Waals surface area contributed by atoms with E-state index in [1.54, 1.807) is 16.7 Å². The van der Waals surface area contributed by atoms with Gasteiger partial charge in [0.2, 0.25) is 0 Å². The largest absolute Gasteiger partial charge is 0.331 e. The molecular formula is C15H13ClN2O. The number of aromatic nitrogens is 2. The zero-order chi connectivity index (χ0) is 13.6. The predicted octanol–water partition coefficient (Wildman–Crippen LogP) is 3.59. The number of rotatable bonds is 1. The molecule has 0 aliphatic rings. The molecule has 3 rings (SSSR count). The average Bonchev–Trinajstić information content (AvgIpc) is 2.66. The first-order valence-corrected chi connectivity index (χ1v) is 6.42. The zero-order valence-electron chi connectivity index (χ0n) is 10.7. The molecule has 96 valence electrons. The van der Waals surface area contributed by atoms with Gasteiger partial charge in [-0.1, -0.05) is 29.8 Å². The highest BCUT2D eigenvalue weighted by atomic mass is 35.5. The van der Waals surface area contributed by atoms with E-state index >= 15 is 0 Å². The highest BCUT2D eigenvalue weighted by Gasteiger charge is 2.12. The minimum Gasteiger partial charge on any atom is -0.305 e. The molecule has 0 radical (unpaired) electrons. The number of benzene rings is 2. The number of halogens is 1. The molecular weight excluding hydrogens is 260 g/mol. The van der Waals surface area contributed by atoms with E-state index < -0.39 is 0 Å². The molecule has 19 heavy (non-hydrogen) atoms. The number of imidazole rings is 1. The topological polar surface area (TPSA) is 37.8 Å². The van der Waals surface area contributed by atoms with E-state index in [1.807, 2.05) is 38.1 Å². The van der Waals surface area contributed by atoms with E-state index in [4.69, 9.17) is 11.6 Å². The van der Waals surface area contributed by atoms with Crippen molar-refractivity contribution in [2.45, 2.75) is 13.8 Å². The van der Waals surface area contributed by atoms with Gasteiger partial charge >= 0.3 is 5.69 Å². The summed E-state index contributed by atoms with van der Waals surface area (Å²) < 4.78 is 1.69. The Morgan fingerprint density at radius 1 is 1.11 bits per heavy atom. The smallest absolute Gasteiger partial charge is 0.305 e. The molecule has 0 fully saturated rings. The number of nitrogens with one attached hydrogen (secondary N) is 1. The van der Waals surface area contributed by atoms with Gasteiger partial charge in [0, 0.05) is 5.02 Å². The van der Waals surface area contributed by atoms with Crippen molar-refractivity contribution in [1.82, 2.24) is 9.55 Å². The Labute approximate surface area is 115 Å². The Morgan fingerprint density at radius 2 is 1.79 bits per heavy atom. The lowest BCUT2D eigenvalue weighted by atomic mass is 10.1. The molecule has 0 saturated carbocycles. The second-order valence-corrected chi connectivity index (χ2v) is 5.10. The summed E-state index contributed by atoms with van der Waals surface area (Å²) in [6, 6.07) is 11.4. The molecule has 3 aromatic rings. The first-order valence-electron chi connectivity index (χ1n) is 6.05. The summed E-state index contributed by atoms with van der Waals surface area (Å²) in [5.41, 5.74) is 4.48. The number of aromatic amines is 1. The Bertz CT molecular complexity index is 810. The third kappa shape index (κ3) is 1.87. The minimum atomic E-state index is -0.144. The predicted molar refractivity (Wildman–Crippen MR) is 78.4 cm³/mol. The zero-order valence-corrected chi connectivity index (χ0v) is 11.5. The van der Waals surface area contributed by atoms with Crippen LogP contribution in [0.2, 0.25) is 5.02 Å². The quantitative estimate of drug-likeness (QED) is 0.722. The van der Waals surface area contributed by atoms with Crippen LogP contribution in [0, 0.1) is 13.8 Å². The number of H-pyrrole nitrogens is 1. The first-order chi connectivity index (χ1) is 9.08. The molecule has 0 spiro atoms. The Hall–Kier alpha value is -2.00. The molecule has 0 aliphatic heterocycles. The van der Waals surface area contributed by atoms with Gasteiger partial charge in [-0.05, 0) is 43.2 Å². The maximum atomic E-state index is 12.2. The van der Waals surface area contributed by atoms with E-state index in [1.165, 1.54) is 0 Å². The monoisotopic (exact) mass is 272 g/mol. The van der Waals surface area contributed by atoms with Gasteiger partial charge in [-0.25, -0.2) is 4.79 Å². The van der Waals surface area contributed by atoms with Crippen molar-refractivity contribution >= 4 is 22.6 Å². The summed E-state index contributed by atoms with van der Waals surface area (Å²) in [6.45, 7) is 4.00. The van der Waals surface area contributed by atoms with E-state index in [-0.39, 0.29) is 5.69 Å². The molecule has 1 aromatic heterocycles. The molecule has 4 heteroatoms. The summed E-state index contributed by atoms with van der Waals surface area (Å²) >= 11 is 6.04. The fourth-order valence-electron chi connectivity index (χ4n) is 2.46. The maximum Gasteiger partial charge on any atom is 0.331 e. The van der Waals surface area contributed by atoms with Crippen LogP contribution in [0.1, 0.15) is 11.1 Å². The lowest BCUT2D eigenvalue weighted by Crippen LogP contribution is -2.16. The van der Waals surface area contributed by atoms with E-state index in [2.05, 4.69) is 4.98 Å². The second-order valence-electron chi connectivity index (χ2n) is 4.67. The van der Waals surface area contributed by atoms with Gasteiger partial charge in [0.15, 0.2) is 0 Å². The van der Waals surface area contributed by atoms with Gasteiger partial charge in [-0.15, -0.1) is 0 Å². The SMILES string of the molecule is Cc1cccc(C)c1-n1c(=O)[nH]c2ccc(Cl)cc21. The maximum absolute atomic E-state index is 12.2. The summed E-state index contributed by atoms with van der Waals surface area (Å²) in [5.74, 6) is 0. The number of hydrogen-bond donors (Lipinski definition) is 1. The Morgan fingerprint density at radius 3 is 2.47 bits per heavy atom. The highest BCUT2D eigenvalue weighted by molar-refractivity contribution is 6.31. The number of nitrogens with zero attached hydrogens (tertiary/aromatic N) is 1. The normalized spacial score (nSPS) is 11.1. The third-order valence-electron chi connectivity index (χ3n) is 3.31. The van der Waals surface area contributed by atoms with Crippen LogP contribution in [0.3, 0.4) is 0 Å². The molecule has 2 aromatic carbocycles. The van der Waals surface area contributed by atoms with Gasteiger partial charge in [0.25, 0.3) is 0 Å². The summed E-state index contributed by atoms with van der Waals surface area (Å²) in [6.07, 6.45) is 0. The van der Waals surface area contributed by atoms with Crippen LogP contribution in [0.5, 0.6) is 0 Å². The fraction of sp³-hybridized carbons (Fsp3) is 0.133. The van der Waals surface area contributed by atoms with E-state index in [0.717, 1.165) is 27.8 Å².